The molecule has 0 N–H and O–H groups in total. The molecule has 1 heterocycles. The highest BCUT2D eigenvalue weighted by Gasteiger charge is 2.50. The van der Waals surface area contributed by atoms with Gasteiger partial charge in [-0.15, -0.1) is 0 Å². The third-order valence-electron chi connectivity index (χ3n) is 11.3. The summed E-state index contributed by atoms with van der Waals surface area (Å²) < 4.78 is 12.8. The predicted octanol–water partition coefficient (Wildman–Crippen LogP) is 9.94. The molecule has 0 spiro atoms. The van der Waals surface area contributed by atoms with E-state index in [-0.39, 0.29) is 23.2 Å². The fraction of sp³-hybridized carbons (Fsp3) is 0.800. The van der Waals surface area contributed by atoms with Gasteiger partial charge in [-0.25, -0.2) is 0 Å². The maximum atomic E-state index is 12.2. The average Bonchev–Trinajstić information content (AvgIpc) is 3.18. The first-order valence-corrected chi connectivity index (χ1v) is 19.1. The molecule has 0 aromatic carbocycles. The van der Waals surface area contributed by atoms with Crippen molar-refractivity contribution in [2.24, 2.45) is 29.1 Å². The molecule has 0 bridgehead atoms. The Bertz CT molecular complexity index is 980. The van der Waals surface area contributed by atoms with Crippen molar-refractivity contribution in [3.05, 3.63) is 34.9 Å². The van der Waals surface area contributed by atoms with E-state index in [1.807, 2.05) is 0 Å². The molecule has 39 heavy (non-hydrogen) atoms. The Kier molecular flexibility index (Phi) is 9.48. The molecular weight excluding hydrogens is 496 g/mol. The largest absolute Gasteiger partial charge is 0.457 e. The van der Waals surface area contributed by atoms with Gasteiger partial charge in [-0.2, -0.15) is 0 Å². The van der Waals surface area contributed by atoms with Gasteiger partial charge >= 0.3 is 5.97 Å². The Morgan fingerprint density at radius 3 is 2.59 bits per heavy atom. The molecule has 1 aliphatic heterocycles. The lowest BCUT2D eigenvalue weighted by atomic mass is 9.60. The molecule has 0 unspecified atom stereocenters. The van der Waals surface area contributed by atoms with Gasteiger partial charge in [-0.3, -0.25) is 4.79 Å². The molecular formula is C35H58O3Si. The minimum absolute atomic E-state index is 0.100. The highest BCUT2D eigenvalue weighted by molar-refractivity contribution is 6.74. The van der Waals surface area contributed by atoms with Crippen LogP contribution in [0.1, 0.15) is 119 Å². The number of fused-ring (bicyclic) bond motifs is 2. The normalized spacial score (nSPS) is 34.6. The van der Waals surface area contributed by atoms with Gasteiger partial charge in [0.2, 0.25) is 0 Å². The molecule has 0 amide bonds. The van der Waals surface area contributed by atoms with Crippen LogP contribution in [0.25, 0.3) is 0 Å². The van der Waals surface area contributed by atoms with Crippen molar-refractivity contribution in [3.8, 4) is 0 Å². The van der Waals surface area contributed by atoms with Gasteiger partial charge < -0.3 is 9.16 Å². The first-order valence-electron chi connectivity index (χ1n) is 16.2. The summed E-state index contributed by atoms with van der Waals surface area (Å²) in [5, 5.41) is 0.162. The summed E-state index contributed by atoms with van der Waals surface area (Å²) in [7, 11) is -1.92. The van der Waals surface area contributed by atoms with Gasteiger partial charge in [0.25, 0.3) is 0 Å². The second-order valence-electron chi connectivity index (χ2n) is 15.6. The number of esters is 1. The van der Waals surface area contributed by atoms with Crippen molar-refractivity contribution < 1.29 is 14.0 Å². The van der Waals surface area contributed by atoms with Crippen LogP contribution in [0, 0.1) is 29.1 Å². The lowest BCUT2D eigenvalue weighted by Gasteiger charge is -2.44. The van der Waals surface area contributed by atoms with Crippen LogP contribution in [0.5, 0.6) is 0 Å². The van der Waals surface area contributed by atoms with Crippen LogP contribution in [-0.4, -0.2) is 26.5 Å². The van der Waals surface area contributed by atoms with E-state index in [1.165, 1.54) is 62.5 Å². The summed E-state index contributed by atoms with van der Waals surface area (Å²) >= 11 is 0. The number of rotatable bonds is 8. The standard InChI is InChI=1S/C35H58O3Si/c1-24(2)12-10-13-25(3)30-18-19-31-26(14-11-21-35(30,31)7)15-16-27-22-28(38-39(8,9)34(4,5)6)23-32-29(27)17-20-33(36)37-32/h15-17,24-25,28,30-32H,10-14,18-23H2,1-9H3/b26-15+,27-16+/t25-,28-,30-,31+,32+,35-/m1/s1. The van der Waals surface area contributed by atoms with Gasteiger partial charge in [0.1, 0.15) is 6.10 Å². The minimum Gasteiger partial charge on any atom is -0.457 e. The summed E-state index contributed by atoms with van der Waals surface area (Å²) in [6.45, 7) is 21.4. The van der Waals surface area contributed by atoms with Crippen LogP contribution >= 0.6 is 0 Å². The minimum atomic E-state index is -1.92. The van der Waals surface area contributed by atoms with Gasteiger partial charge in [-0.1, -0.05) is 91.5 Å². The summed E-state index contributed by atoms with van der Waals surface area (Å²) in [6.07, 6.45) is 19.9. The van der Waals surface area contributed by atoms with E-state index in [4.69, 9.17) is 9.16 Å². The Morgan fingerprint density at radius 2 is 1.90 bits per heavy atom. The van der Waals surface area contributed by atoms with Crippen LogP contribution in [-0.2, 0) is 14.0 Å². The molecule has 0 saturated heterocycles. The predicted molar refractivity (Wildman–Crippen MR) is 166 cm³/mol. The number of carbonyl (C=O) groups excluding carboxylic acids is 1. The van der Waals surface area contributed by atoms with E-state index < -0.39 is 8.32 Å². The lowest BCUT2D eigenvalue weighted by Crippen LogP contribution is -2.46. The summed E-state index contributed by atoms with van der Waals surface area (Å²) in [6, 6.07) is 0. The molecule has 220 valence electrons. The van der Waals surface area contributed by atoms with Gasteiger partial charge in [0.15, 0.2) is 8.32 Å². The fourth-order valence-electron chi connectivity index (χ4n) is 8.11. The number of ether oxygens (including phenoxy) is 1. The molecule has 4 aliphatic rings. The maximum absolute atomic E-state index is 12.2. The highest BCUT2D eigenvalue weighted by atomic mass is 28.4. The van der Waals surface area contributed by atoms with Crippen LogP contribution < -0.4 is 0 Å². The molecule has 6 atom stereocenters. The Hall–Kier alpha value is -1.13. The monoisotopic (exact) mass is 554 g/mol. The van der Waals surface area contributed by atoms with Crippen LogP contribution in [0.3, 0.4) is 0 Å². The van der Waals surface area contributed by atoms with E-state index >= 15 is 0 Å². The fourth-order valence-corrected chi connectivity index (χ4v) is 9.48. The van der Waals surface area contributed by atoms with Gasteiger partial charge in [0.05, 0.1) is 12.5 Å². The first kappa shape index (κ1) is 30.8. The van der Waals surface area contributed by atoms with E-state index in [2.05, 4.69) is 79.8 Å². The topological polar surface area (TPSA) is 35.5 Å². The maximum Gasteiger partial charge on any atom is 0.310 e. The average molecular weight is 555 g/mol. The Morgan fingerprint density at radius 1 is 1.15 bits per heavy atom. The molecule has 4 rings (SSSR count). The van der Waals surface area contributed by atoms with Gasteiger partial charge in [0, 0.05) is 6.42 Å². The molecule has 3 nitrogen and oxygen atoms in total. The third kappa shape index (κ3) is 6.85. The molecule has 3 fully saturated rings. The van der Waals surface area contributed by atoms with E-state index in [9.17, 15) is 4.79 Å². The number of carbonyl (C=O) groups is 1. The van der Waals surface area contributed by atoms with Crippen molar-refractivity contribution in [1.29, 1.82) is 0 Å². The molecule has 0 aromatic heterocycles. The van der Waals surface area contributed by atoms with Crippen molar-refractivity contribution in [2.45, 2.75) is 149 Å². The molecule has 0 aromatic rings. The van der Waals surface area contributed by atoms with E-state index in [0.29, 0.717) is 11.8 Å². The van der Waals surface area contributed by atoms with E-state index in [0.717, 1.165) is 36.5 Å². The highest BCUT2D eigenvalue weighted by Crippen LogP contribution is 2.60. The van der Waals surface area contributed by atoms with Crippen molar-refractivity contribution in [3.63, 3.8) is 0 Å². The molecule has 4 heteroatoms. The molecule has 3 saturated carbocycles. The van der Waals surface area contributed by atoms with Crippen LogP contribution in [0.4, 0.5) is 0 Å². The van der Waals surface area contributed by atoms with Crippen molar-refractivity contribution in [2.75, 3.05) is 0 Å². The number of hydrogen-bond donors (Lipinski definition) is 0. The molecule has 0 radical (unpaired) electrons. The smallest absolute Gasteiger partial charge is 0.310 e. The van der Waals surface area contributed by atoms with Crippen LogP contribution in [0.15, 0.2) is 34.9 Å². The van der Waals surface area contributed by atoms with Crippen molar-refractivity contribution in [1.82, 2.24) is 0 Å². The second-order valence-corrected chi connectivity index (χ2v) is 20.4. The van der Waals surface area contributed by atoms with E-state index in [1.54, 1.807) is 5.57 Å². The van der Waals surface area contributed by atoms with Crippen molar-refractivity contribution >= 4 is 14.3 Å². The molecule has 3 aliphatic carbocycles. The number of allylic oxidation sites excluding steroid dienone is 3. The summed E-state index contributed by atoms with van der Waals surface area (Å²) in [4.78, 5) is 12.2. The lowest BCUT2D eigenvalue weighted by molar-refractivity contribution is -0.149. The van der Waals surface area contributed by atoms with Crippen LogP contribution in [0.2, 0.25) is 18.1 Å². The zero-order valence-corrected chi connectivity index (χ0v) is 27.7. The number of hydrogen-bond acceptors (Lipinski definition) is 3. The zero-order valence-electron chi connectivity index (χ0n) is 26.7. The third-order valence-corrected chi connectivity index (χ3v) is 15.9. The Balaban J connectivity index is 1.54. The Labute approximate surface area is 241 Å². The summed E-state index contributed by atoms with van der Waals surface area (Å²) in [5.74, 6) is 3.11. The quantitative estimate of drug-likeness (QED) is 0.221. The first-order chi connectivity index (χ1) is 18.2. The summed E-state index contributed by atoms with van der Waals surface area (Å²) in [5.41, 5.74) is 4.69. The van der Waals surface area contributed by atoms with Gasteiger partial charge in [-0.05, 0) is 96.9 Å². The SMILES string of the molecule is CC(C)CCC[C@@H](C)[C@H]1CC[C@H]2/C(=C/C=C3\C[C@@H](O[Si](C)(C)C(C)(C)C)C[C@@H]4OC(=O)CC=C34)CCC[C@]12C. The zero-order chi connectivity index (χ0) is 28.6. The second kappa shape index (κ2) is 12.0.